The molecular weight excluding hydrogens is 299 g/mol. The van der Waals surface area contributed by atoms with Gasteiger partial charge in [-0.3, -0.25) is 4.57 Å². The van der Waals surface area contributed by atoms with Gasteiger partial charge in [0.15, 0.2) is 5.66 Å². The predicted molar refractivity (Wildman–Crippen MR) is 74.3 cm³/mol. The molecule has 1 heterocycles. The molecule has 7 nitrogen and oxygen atoms in total. The summed E-state index contributed by atoms with van der Waals surface area (Å²) >= 11 is 0. The van der Waals surface area contributed by atoms with Crippen LogP contribution in [0, 0.1) is 0 Å². The zero-order valence-corrected chi connectivity index (χ0v) is 13.1. The lowest BCUT2D eigenvalue weighted by molar-refractivity contribution is -0.108. The van der Waals surface area contributed by atoms with Crippen molar-refractivity contribution >= 4 is 19.9 Å². The van der Waals surface area contributed by atoms with Crippen molar-refractivity contribution in [1.29, 1.82) is 0 Å². The third-order valence-corrected chi connectivity index (χ3v) is 4.78. The van der Waals surface area contributed by atoms with Gasteiger partial charge >= 0.3 is 13.6 Å². The SMILES string of the molecule is CCOC(=O)c1ccc(C(C=O)P(=O)(OCC)OCC)o1. The average Bonchev–Trinajstić information content (AvgIpc) is 2.89. The highest BCUT2D eigenvalue weighted by atomic mass is 31.2. The zero-order valence-electron chi connectivity index (χ0n) is 12.2. The molecule has 1 aromatic rings. The number of hydrogen-bond acceptors (Lipinski definition) is 7. The van der Waals surface area contributed by atoms with Crippen LogP contribution in [-0.2, 0) is 23.1 Å². The molecule has 0 amide bonds. The first-order valence-electron chi connectivity index (χ1n) is 6.63. The second-order valence-corrected chi connectivity index (χ2v) is 6.03. The number of hydrogen-bond donors (Lipinski definition) is 0. The number of ether oxygens (including phenoxy) is 1. The van der Waals surface area contributed by atoms with Crippen molar-refractivity contribution in [3.05, 3.63) is 23.7 Å². The van der Waals surface area contributed by atoms with Crippen molar-refractivity contribution in [2.75, 3.05) is 19.8 Å². The second kappa shape index (κ2) is 8.12. The molecular formula is C13H19O7P. The van der Waals surface area contributed by atoms with Gasteiger partial charge in [-0.2, -0.15) is 0 Å². The molecule has 0 fully saturated rings. The van der Waals surface area contributed by atoms with Crippen molar-refractivity contribution < 1.29 is 32.4 Å². The van der Waals surface area contributed by atoms with Gasteiger partial charge in [-0.15, -0.1) is 0 Å². The molecule has 0 aliphatic heterocycles. The zero-order chi connectivity index (χ0) is 15.9. The van der Waals surface area contributed by atoms with E-state index >= 15 is 0 Å². The Balaban J connectivity index is 3.06. The van der Waals surface area contributed by atoms with Crippen LogP contribution in [0.25, 0.3) is 0 Å². The van der Waals surface area contributed by atoms with Crippen LogP contribution < -0.4 is 0 Å². The lowest BCUT2D eigenvalue weighted by Crippen LogP contribution is -2.08. The molecule has 0 spiro atoms. The molecule has 0 radical (unpaired) electrons. The molecule has 1 rings (SSSR count). The van der Waals surface area contributed by atoms with Crippen LogP contribution in [0.2, 0.25) is 0 Å². The van der Waals surface area contributed by atoms with E-state index in [1.165, 1.54) is 12.1 Å². The smallest absolute Gasteiger partial charge is 0.374 e. The quantitative estimate of drug-likeness (QED) is 0.392. The topological polar surface area (TPSA) is 92.0 Å². The Hall–Kier alpha value is -1.43. The first kappa shape index (κ1) is 17.6. The third kappa shape index (κ3) is 4.27. The van der Waals surface area contributed by atoms with Crippen LogP contribution in [0.5, 0.6) is 0 Å². The molecule has 21 heavy (non-hydrogen) atoms. The molecule has 0 aliphatic carbocycles. The van der Waals surface area contributed by atoms with Gasteiger partial charge in [-0.05, 0) is 32.9 Å². The number of aldehydes is 1. The maximum atomic E-state index is 12.6. The van der Waals surface area contributed by atoms with Gasteiger partial charge in [0.2, 0.25) is 5.76 Å². The first-order valence-corrected chi connectivity index (χ1v) is 8.24. The van der Waals surface area contributed by atoms with E-state index in [0.717, 1.165) is 0 Å². The molecule has 1 aromatic heterocycles. The summed E-state index contributed by atoms with van der Waals surface area (Å²) in [7, 11) is -3.70. The van der Waals surface area contributed by atoms with Crippen LogP contribution >= 0.6 is 7.60 Å². The Morgan fingerprint density at radius 1 is 1.24 bits per heavy atom. The van der Waals surface area contributed by atoms with Gasteiger partial charge in [0, 0.05) is 0 Å². The van der Waals surface area contributed by atoms with E-state index in [2.05, 4.69) is 0 Å². The molecule has 0 N–H and O–H groups in total. The van der Waals surface area contributed by atoms with E-state index in [4.69, 9.17) is 18.2 Å². The monoisotopic (exact) mass is 318 g/mol. The van der Waals surface area contributed by atoms with E-state index < -0.39 is 19.2 Å². The fourth-order valence-electron chi connectivity index (χ4n) is 1.68. The lowest BCUT2D eigenvalue weighted by Gasteiger charge is -2.20. The molecule has 8 heteroatoms. The highest BCUT2D eigenvalue weighted by Crippen LogP contribution is 2.60. The largest absolute Gasteiger partial charge is 0.460 e. The van der Waals surface area contributed by atoms with Gasteiger partial charge in [-0.25, -0.2) is 4.79 Å². The molecule has 0 saturated heterocycles. The lowest BCUT2D eigenvalue weighted by atomic mass is 10.3. The van der Waals surface area contributed by atoms with Crippen molar-refractivity contribution in [3.63, 3.8) is 0 Å². The number of rotatable bonds is 9. The average molecular weight is 318 g/mol. The van der Waals surface area contributed by atoms with Crippen LogP contribution in [-0.4, -0.2) is 32.1 Å². The molecule has 0 aromatic carbocycles. The summed E-state index contributed by atoms with van der Waals surface area (Å²) in [5, 5.41) is 0. The summed E-state index contributed by atoms with van der Waals surface area (Å²) < 4.78 is 32.9. The Morgan fingerprint density at radius 3 is 2.33 bits per heavy atom. The minimum atomic E-state index is -3.70. The standard InChI is InChI=1S/C13H19O7P/c1-4-17-13(15)11-8-7-10(20-11)12(9-14)21(16,18-5-2)19-6-3/h7-9,12H,4-6H2,1-3H3. The van der Waals surface area contributed by atoms with Crippen molar-refractivity contribution in [2.24, 2.45) is 0 Å². The van der Waals surface area contributed by atoms with E-state index in [1.54, 1.807) is 20.8 Å². The minimum Gasteiger partial charge on any atom is -0.460 e. The highest BCUT2D eigenvalue weighted by molar-refractivity contribution is 7.55. The summed E-state index contributed by atoms with van der Waals surface area (Å²) in [5.41, 5.74) is -1.22. The summed E-state index contributed by atoms with van der Waals surface area (Å²) in [6.45, 7) is 5.37. The summed E-state index contributed by atoms with van der Waals surface area (Å²) in [5.74, 6) is -0.687. The van der Waals surface area contributed by atoms with Gasteiger partial charge in [0.05, 0.1) is 19.8 Å². The van der Waals surface area contributed by atoms with Gasteiger partial charge in [0.1, 0.15) is 12.0 Å². The summed E-state index contributed by atoms with van der Waals surface area (Å²) in [4.78, 5) is 22.8. The molecule has 0 saturated carbocycles. The first-order chi connectivity index (χ1) is 10.0. The second-order valence-electron chi connectivity index (χ2n) is 3.88. The maximum Gasteiger partial charge on any atom is 0.374 e. The van der Waals surface area contributed by atoms with Crippen LogP contribution in [0.1, 0.15) is 42.7 Å². The van der Waals surface area contributed by atoms with Gasteiger partial charge in [0.25, 0.3) is 0 Å². The maximum absolute atomic E-state index is 12.6. The van der Waals surface area contributed by atoms with E-state index in [0.29, 0.717) is 6.29 Å². The number of esters is 1. The van der Waals surface area contributed by atoms with Crippen molar-refractivity contribution in [3.8, 4) is 0 Å². The fourth-order valence-corrected chi connectivity index (χ4v) is 3.39. The van der Waals surface area contributed by atoms with Crippen LogP contribution in [0.4, 0.5) is 0 Å². The van der Waals surface area contributed by atoms with Gasteiger partial charge < -0.3 is 23.0 Å². The minimum absolute atomic E-state index is 0.0401. The van der Waals surface area contributed by atoms with E-state index in [1.807, 2.05) is 0 Å². The number of carbonyl (C=O) groups is 2. The van der Waals surface area contributed by atoms with Crippen molar-refractivity contribution in [1.82, 2.24) is 0 Å². The predicted octanol–water partition coefficient (Wildman–Crippen LogP) is 2.96. The Kier molecular flexibility index (Phi) is 6.81. The van der Waals surface area contributed by atoms with Crippen LogP contribution in [0.15, 0.2) is 16.5 Å². The van der Waals surface area contributed by atoms with E-state index in [9.17, 15) is 14.2 Å². The van der Waals surface area contributed by atoms with Gasteiger partial charge in [-0.1, -0.05) is 0 Å². The van der Waals surface area contributed by atoms with Crippen LogP contribution in [0.3, 0.4) is 0 Å². The summed E-state index contributed by atoms with van der Waals surface area (Å²) in [6, 6.07) is 2.74. The Labute approximate surface area is 123 Å². The molecule has 0 aliphatic rings. The Morgan fingerprint density at radius 2 is 1.86 bits per heavy atom. The molecule has 0 bridgehead atoms. The van der Waals surface area contributed by atoms with E-state index in [-0.39, 0.29) is 31.3 Å². The Bertz CT molecular complexity index is 512. The fraction of sp³-hybridized carbons (Fsp3) is 0.538. The van der Waals surface area contributed by atoms with Crippen molar-refractivity contribution in [2.45, 2.75) is 26.4 Å². The molecule has 118 valence electrons. The molecule has 1 unspecified atom stereocenters. The highest BCUT2D eigenvalue weighted by Gasteiger charge is 2.39. The molecule has 1 atom stereocenters. The number of furan rings is 1. The normalized spacial score (nSPS) is 12.9. The third-order valence-electron chi connectivity index (χ3n) is 2.48. The number of carbonyl (C=O) groups excluding carboxylic acids is 2. The summed E-state index contributed by atoms with van der Waals surface area (Å²) in [6.07, 6.45) is 0.430.